The summed E-state index contributed by atoms with van der Waals surface area (Å²) in [7, 11) is 1.26. The van der Waals surface area contributed by atoms with Gasteiger partial charge in [-0.1, -0.05) is 30.3 Å². The van der Waals surface area contributed by atoms with E-state index < -0.39 is 5.97 Å². The molecule has 1 aliphatic rings. The van der Waals surface area contributed by atoms with E-state index in [0.29, 0.717) is 18.8 Å². The van der Waals surface area contributed by atoms with E-state index in [1.807, 2.05) is 30.3 Å². The van der Waals surface area contributed by atoms with Crippen molar-refractivity contribution in [1.82, 2.24) is 9.55 Å². The molecule has 0 aliphatic carbocycles. The Morgan fingerprint density at radius 1 is 1.32 bits per heavy atom. The molecular formula is C16H16N2O4. The van der Waals surface area contributed by atoms with Gasteiger partial charge in [0.1, 0.15) is 12.4 Å². The smallest absolute Gasteiger partial charge is 0.360 e. The Morgan fingerprint density at radius 2 is 2.09 bits per heavy atom. The molecule has 6 heteroatoms. The molecule has 1 aromatic carbocycles. The first-order valence-electron chi connectivity index (χ1n) is 7.09. The molecular weight excluding hydrogens is 284 g/mol. The van der Waals surface area contributed by atoms with Crippen molar-refractivity contribution >= 4 is 5.97 Å². The first-order valence-corrected chi connectivity index (χ1v) is 7.09. The summed E-state index contributed by atoms with van der Waals surface area (Å²) in [5.74, 6) is -0.0886. The Kier molecular flexibility index (Phi) is 3.91. The summed E-state index contributed by atoms with van der Waals surface area (Å²) < 4.78 is 11.9. The third-order valence-electron chi connectivity index (χ3n) is 3.59. The number of methoxy groups -OCH3 is 1. The zero-order chi connectivity index (χ0) is 15.5. The summed E-state index contributed by atoms with van der Waals surface area (Å²) in [6.07, 6.45) is 1.52. The van der Waals surface area contributed by atoms with Crippen LogP contribution in [0.4, 0.5) is 0 Å². The van der Waals surface area contributed by atoms with Crippen molar-refractivity contribution in [1.29, 1.82) is 0 Å². The molecule has 0 unspecified atom stereocenters. The van der Waals surface area contributed by atoms with Crippen LogP contribution in [0.1, 0.15) is 28.3 Å². The number of hydrogen-bond donors (Lipinski definition) is 0. The number of aromatic nitrogens is 2. The maximum Gasteiger partial charge on any atom is 0.360 e. The van der Waals surface area contributed by atoms with Gasteiger partial charge in [0.2, 0.25) is 5.75 Å². The molecule has 0 amide bonds. The molecule has 0 bridgehead atoms. The van der Waals surface area contributed by atoms with Crippen LogP contribution in [0.25, 0.3) is 0 Å². The Hall–Kier alpha value is -2.63. The third kappa shape index (κ3) is 2.59. The highest BCUT2D eigenvalue weighted by atomic mass is 16.5. The number of esters is 1. The van der Waals surface area contributed by atoms with Crippen LogP contribution >= 0.6 is 0 Å². The number of carbonyl (C=O) groups is 1. The summed E-state index contributed by atoms with van der Waals surface area (Å²) in [5.41, 5.74) is 0.540. The number of nitrogens with zero attached hydrogens (tertiary/aromatic N) is 2. The van der Waals surface area contributed by atoms with Gasteiger partial charge in [0.05, 0.1) is 7.11 Å². The largest absolute Gasteiger partial charge is 0.481 e. The summed E-state index contributed by atoms with van der Waals surface area (Å²) in [6.45, 7) is 0.797. The highest BCUT2D eigenvalue weighted by Crippen LogP contribution is 2.19. The van der Waals surface area contributed by atoms with E-state index in [-0.39, 0.29) is 23.6 Å². The van der Waals surface area contributed by atoms with Crippen LogP contribution in [-0.2, 0) is 24.3 Å². The topological polar surface area (TPSA) is 70.4 Å². The third-order valence-corrected chi connectivity index (χ3v) is 3.59. The Morgan fingerprint density at radius 3 is 2.82 bits per heavy atom. The molecule has 0 saturated carbocycles. The molecule has 0 radical (unpaired) electrons. The van der Waals surface area contributed by atoms with Crippen molar-refractivity contribution in [2.24, 2.45) is 0 Å². The first kappa shape index (κ1) is 14.3. The number of benzene rings is 1. The monoisotopic (exact) mass is 300 g/mol. The van der Waals surface area contributed by atoms with Crippen molar-refractivity contribution in [2.45, 2.75) is 26.0 Å². The first-order chi connectivity index (χ1) is 10.7. The molecule has 0 spiro atoms. The fraction of sp³-hybridized carbons (Fsp3) is 0.312. The van der Waals surface area contributed by atoms with Crippen LogP contribution in [-0.4, -0.2) is 22.6 Å². The van der Waals surface area contributed by atoms with Crippen LogP contribution in [0.3, 0.4) is 0 Å². The second-order valence-electron chi connectivity index (χ2n) is 5.03. The summed E-state index contributed by atoms with van der Waals surface area (Å²) in [5, 5.41) is 0. The van der Waals surface area contributed by atoms with Crippen LogP contribution in [0.15, 0.2) is 35.1 Å². The average Bonchev–Trinajstić information content (AvgIpc) is 3.03. The van der Waals surface area contributed by atoms with E-state index in [4.69, 9.17) is 9.47 Å². The van der Waals surface area contributed by atoms with Crippen molar-refractivity contribution < 1.29 is 14.3 Å². The van der Waals surface area contributed by atoms with Gasteiger partial charge in [-0.05, 0) is 12.0 Å². The molecule has 0 saturated heterocycles. The fourth-order valence-corrected chi connectivity index (χ4v) is 2.49. The van der Waals surface area contributed by atoms with Gasteiger partial charge >= 0.3 is 5.97 Å². The van der Waals surface area contributed by atoms with E-state index in [2.05, 4.69) is 4.98 Å². The summed E-state index contributed by atoms with van der Waals surface area (Å²) in [6, 6.07) is 9.43. The molecule has 114 valence electrons. The average molecular weight is 300 g/mol. The Bertz CT molecular complexity index is 753. The molecule has 2 heterocycles. The predicted octanol–water partition coefficient (Wildman–Crippen LogP) is 1.56. The molecule has 3 rings (SSSR count). The normalized spacial score (nSPS) is 12.8. The van der Waals surface area contributed by atoms with E-state index in [1.165, 1.54) is 7.11 Å². The highest BCUT2D eigenvalue weighted by Gasteiger charge is 2.25. The highest BCUT2D eigenvalue weighted by molar-refractivity contribution is 5.90. The predicted molar refractivity (Wildman–Crippen MR) is 78.9 cm³/mol. The lowest BCUT2D eigenvalue weighted by Gasteiger charge is -2.12. The maximum absolute atomic E-state index is 12.5. The van der Waals surface area contributed by atoms with Gasteiger partial charge in [0.25, 0.3) is 5.56 Å². The minimum atomic E-state index is -0.657. The number of ether oxygens (including phenoxy) is 2. The fourth-order valence-electron chi connectivity index (χ4n) is 2.49. The molecule has 0 fully saturated rings. The van der Waals surface area contributed by atoms with Crippen LogP contribution < -0.4 is 10.3 Å². The van der Waals surface area contributed by atoms with Gasteiger partial charge in [-0.2, -0.15) is 0 Å². The molecule has 1 aromatic heterocycles. The zero-order valence-electron chi connectivity index (χ0n) is 12.2. The quantitative estimate of drug-likeness (QED) is 0.801. The van der Waals surface area contributed by atoms with Crippen LogP contribution in [0.2, 0.25) is 0 Å². The summed E-state index contributed by atoms with van der Waals surface area (Å²) in [4.78, 5) is 28.7. The second-order valence-corrected chi connectivity index (χ2v) is 5.03. The number of hydrogen-bond acceptors (Lipinski definition) is 5. The van der Waals surface area contributed by atoms with Gasteiger partial charge in [0.15, 0.2) is 5.69 Å². The Labute approximate surface area is 127 Å². The standard InChI is InChI=1S/C16H16N2O4/c1-21-16(20)13-14(22-10-11-6-3-2-4-7-11)15(19)18-9-5-8-12(18)17-13/h2-4,6-7H,5,8-10H2,1H3. The van der Waals surface area contributed by atoms with E-state index in [0.717, 1.165) is 12.0 Å². The van der Waals surface area contributed by atoms with Crippen molar-refractivity contribution in [3.8, 4) is 5.75 Å². The van der Waals surface area contributed by atoms with E-state index in [9.17, 15) is 9.59 Å². The number of rotatable bonds is 4. The minimum Gasteiger partial charge on any atom is -0.481 e. The van der Waals surface area contributed by atoms with Crippen LogP contribution in [0.5, 0.6) is 5.75 Å². The van der Waals surface area contributed by atoms with E-state index >= 15 is 0 Å². The second kappa shape index (κ2) is 6.01. The maximum atomic E-state index is 12.5. The lowest BCUT2D eigenvalue weighted by atomic mass is 10.2. The summed E-state index contributed by atoms with van der Waals surface area (Å²) >= 11 is 0. The number of fused-ring (bicyclic) bond motifs is 1. The molecule has 22 heavy (non-hydrogen) atoms. The lowest BCUT2D eigenvalue weighted by Crippen LogP contribution is -2.26. The van der Waals surface area contributed by atoms with Gasteiger partial charge in [0, 0.05) is 13.0 Å². The minimum absolute atomic E-state index is 0.0404. The SMILES string of the molecule is COC(=O)c1nc2n(c(=O)c1OCc1ccccc1)CCC2. The van der Waals surface area contributed by atoms with Crippen molar-refractivity contribution in [2.75, 3.05) is 7.11 Å². The van der Waals surface area contributed by atoms with Crippen LogP contribution in [0, 0.1) is 0 Å². The number of carbonyl (C=O) groups excluding carboxylic acids is 1. The van der Waals surface area contributed by atoms with Crippen molar-refractivity contribution in [3.63, 3.8) is 0 Å². The number of aryl methyl sites for hydroxylation is 1. The van der Waals surface area contributed by atoms with E-state index in [1.54, 1.807) is 4.57 Å². The van der Waals surface area contributed by atoms with Gasteiger partial charge < -0.3 is 9.47 Å². The molecule has 6 nitrogen and oxygen atoms in total. The van der Waals surface area contributed by atoms with Gasteiger partial charge in [-0.25, -0.2) is 9.78 Å². The molecule has 1 aliphatic heterocycles. The molecule has 2 aromatic rings. The van der Waals surface area contributed by atoms with Gasteiger partial charge in [-0.15, -0.1) is 0 Å². The lowest BCUT2D eigenvalue weighted by molar-refractivity contribution is 0.0586. The molecule has 0 atom stereocenters. The zero-order valence-corrected chi connectivity index (χ0v) is 12.2. The Balaban J connectivity index is 1.98. The van der Waals surface area contributed by atoms with Crippen molar-refractivity contribution in [3.05, 3.63) is 57.8 Å². The van der Waals surface area contributed by atoms with Gasteiger partial charge in [-0.3, -0.25) is 9.36 Å². The molecule has 0 N–H and O–H groups in total.